The van der Waals surface area contributed by atoms with Crippen molar-refractivity contribution in [2.24, 2.45) is 0 Å². The van der Waals surface area contributed by atoms with E-state index < -0.39 is 0 Å². The summed E-state index contributed by atoms with van der Waals surface area (Å²) in [6, 6.07) is 21.3. The van der Waals surface area contributed by atoms with Gasteiger partial charge in [-0.3, -0.25) is 0 Å². The maximum atomic E-state index is 5.50. The molecule has 2 heteroatoms. The quantitative estimate of drug-likeness (QED) is 0.722. The van der Waals surface area contributed by atoms with Crippen LogP contribution in [0.1, 0.15) is 29.4 Å². The van der Waals surface area contributed by atoms with Gasteiger partial charge in [-0.05, 0) is 23.5 Å². The molecular formula is C19H24O2. The van der Waals surface area contributed by atoms with Crippen molar-refractivity contribution in [2.45, 2.75) is 18.3 Å². The zero-order chi connectivity index (χ0) is 14.9. The summed E-state index contributed by atoms with van der Waals surface area (Å²) >= 11 is 0. The number of hydrogen-bond donors (Lipinski definition) is 0. The Bertz CT molecular complexity index is 495. The average molecular weight is 284 g/mol. The van der Waals surface area contributed by atoms with Gasteiger partial charge in [-0.2, -0.15) is 0 Å². The number of ether oxygens (including phenoxy) is 2. The summed E-state index contributed by atoms with van der Waals surface area (Å²) in [6.07, 6.45) is 0.990. The topological polar surface area (TPSA) is 18.5 Å². The van der Waals surface area contributed by atoms with Crippen LogP contribution in [0.25, 0.3) is 0 Å². The standard InChI is InChI=1S/C19H24O2/c1-20-14-13-18(16-9-5-3-6-10-16)19(15-21-2)17-11-7-4-8-12-17/h3-12,18-19H,13-15H2,1-2H3. The molecule has 2 aromatic carbocycles. The Kier molecular flexibility index (Phi) is 6.45. The molecule has 112 valence electrons. The Hall–Kier alpha value is -1.64. The van der Waals surface area contributed by atoms with Crippen LogP contribution in [0.15, 0.2) is 60.7 Å². The van der Waals surface area contributed by atoms with Crippen LogP contribution in [0.4, 0.5) is 0 Å². The van der Waals surface area contributed by atoms with Crippen molar-refractivity contribution in [1.29, 1.82) is 0 Å². The second kappa shape index (κ2) is 8.60. The van der Waals surface area contributed by atoms with Crippen LogP contribution in [-0.2, 0) is 9.47 Å². The summed E-state index contributed by atoms with van der Waals surface area (Å²) in [5.74, 6) is 0.738. The first-order chi connectivity index (χ1) is 10.4. The van der Waals surface area contributed by atoms with Crippen LogP contribution in [-0.4, -0.2) is 27.4 Å². The van der Waals surface area contributed by atoms with E-state index in [1.54, 1.807) is 14.2 Å². The third kappa shape index (κ3) is 4.42. The van der Waals surface area contributed by atoms with E-state index in [9.17, 15) is 0 Å². The molecule has 2 rings (SSSR count). The number of hydrogen-bond acceptors (Lipinski definition) is 2. The minimum Gasteiger partial charge on any atom is -0.385 e. The Labute approximate surface area is 127 Å². The molecular weight excluding hydrogens is 260 g/mol. The van der Waals surface area contributed by atoms with Gasteiger partial charge in [0.15, 0.2) is 0 Å². The van der Waals surface area contributed by atoms with Gasteiger partial charge in [0.25, 0.3) is 0 Å². The van der Waals surface area contributed by atoms with E-state index in [1.165, 1.54) is 11.1 Å². The molecule has 2 nitrogen and oxygen atoms in total. The van der Waals surface area contributed by atoms with Crippen LogP contribution in [0.2, 0.25) is 0 Å². The van der Waals surface area contributed by atoms with Gasteiger partial charge in [-0.15, -0.1) is 0 Å². The lowest BCUT2D eigenvalue weighted by atomic mass is 9.80. The van der Waals surface area contributed by atoms with Gasteiger partial charge in [0.1, 0.15) is 0 Å². The molecule has 0 aliphatic heterocycles. The van der Waals surface area contributed by atoms with E-state index in [0.717, 1.165) is 13.0 Å². The summed E-state index contributed by atoms with van der Waals surface area (Å²) in [5, 5.41) is 0. The molecule has 0 bridgehead atoms. The lowest BCUT2D eigenvalue weighted by Crippen LogP contribution is -2.18. The molecule has 0 heterocycles. The molecule has 2 atom stereocenters. The normalized spacial score (nSPS) is 13.8. The van der Waals surface area contributed by atoms with E-state index in [1.807, 2.05) is 0 Å². The SMILES string of the molecule is COCCC(c1ccccc1)C(COC)c1ccccc1. The van der Waals surface area contributed by atoms with E-state index >= 15 is 0 Å². The predicted molar refractivity (Wildman–Crippen MR) is 86.7 cm³/mol. The molecule has 0 aliphatic rings. The van der Waals surface area contributed by atoms with Crippen molar-refractivity contribution in [3.63, 3.8) is 0 Å². The highest BCUT2D eigenvalue weighted by molar-refractivity contribution is 5.28. The largest absolute Gasteiger partial charge is 0.385 e. The molecule has 0 N–H and O–H groups in total. The monoisotopic (exact) mass is 284 g/mol. The highest BCUT2D eigenvalue weighted by Gasteiger charge is 2.24. The van der Waals surface area contributed by atoms with Gasteiger partial charge in [-0.25, -0.2) is 0 Å². The van der Waals surface area contributed by atoms with Crippen molar-refractivity contribution in [3.05, 3.63) is 71.8 Å². The lowest BCUT2D eigenvalue weighted by Gasteiger charge is -2.27. The Balaban J connectivity index is 2.31. The molecule has 2 unspecified atom stereocenters. The average Bonchev–Trinajstić information content (AvgIpc) is 2.56. The second-order valence-electron chi connectivity index (χ2n) is 5.27. The Morgan fingerprint density at radius 3 is 1.71 bits per heavy atom. The number of benzene rings is 2. The van der Waals surface area contributed by atoms with E-state index in [4.69, 9.17) is 9.47 Å². The van der Waals surface area contributed by atoms with Crippen molar-refractivity contribution >= 4 is 0 Å². The molecule has 21 heavy (non-hydrogen) atoms. The van der Waals surface area contributed by atoms with Gasteiger partial charge < -0.3 is 9.47 Å². The Morgan fingerprint density at radius 2 is 1.24 bits per heavy atom. The molecule has 0 aromatic heterocycles. The van der Waals surface area contributed by atoms with Crippen molar-refractivity contribution in [3.8, 4) is 0 Å². The van der Waals surface area contributed by atoms with E-state index in [-0.39, 0.29) is 0 Å². The maximum absolute atomic E-state index is 5.50. The highest BCUT2D eigenvalue weighted by Crippen LogP contribution is 2.35. The molecule has 0 radical (unpaired) electrons. The number of methoxy groups -OCH3 is 2. The Morgan fingerprint density at radius 1 is 0.714 bits per heavy atom. The molecule has 0 spiro atoms. The lowest BCUT2D eigenvalue weighted by molar-refractivity contribution is 0.148. The minimum atomic E-state index is 0.341. The fourth-order valence-corrected chi connectivity index (χ4v) is 2.87. The minimum absolute atomic E-state index is 0.341. The smallest absolute Gasteiger partial charge is 0.0536 e. The van der Waals surface area contributed by atoms with Gasteiger partial charge in [-0.1, -0.05) is 60.7 Å². The summed E-state index contributed by atoms with van der Waals surface area (Å²) in [7, 11) is 3.53. The third-order valence-corrected chi connectivity index (χ3v) is 3.92. The summed E-state index contributed by atoms with van der Waals surface area (Å²) < 4.78 is 10.8. The first kappa shape index (κ1) is 15.7. The molecule has 0 amide bonds. The second-order valence-corrected chi connectivity index (χ2v) is 5.27. The van der Waals surface area contributed by atoms with Crippen LogP contribution in [0.5, 0.6) is 0 Å². The first-order valence-corrected chi connectivity index (χ1v) is 7.44. The fourth-order valence-electron chi connectivity index (χ4n) is 2.87. The molecule has 2 aromatic rings. The third-order valence-electron chi connectivity index (χ3n) is 3.92. The summed E-state index contributed by atoms with van der Waals surface area (Å²) in [4.78, 5) is 0. The van der Waals surface area contributed by atoms with Crippen LogP contribution in [0.3, 0.4) is 0 Å². The highest BCUT2D eigenvalue weighted by atomic mass is 16.5. The molecule has 0 saturated carbocycles. The maximum Gasteiger partial charge on any atom is 0.0536 e. The van der Waals surface area contributed by atoms with Crippen molar-refractivity contribution in [1.82, 2.24) is 0 Å². The van der Waals surface area contributed by atoms with Crippen LogP contribution in [0, 0.1) is 0 Å². The fraction of sp³-hybridized carbons (Fsp3) is 0.368. The zero-order valence-corrected chi connectivity index (χ0v) is 12.9. The molecule has 0 saturated heterocycles. The number of rotatable bonds is 8. The van der Waals surface area contributed by atoms with Crippen molar-refractivity contribution < 1.29 is 9.47 Å². The van der Waals surface area contributed by atoms with Crippen LogP contribution < -0.4 is 0 Å². The van der Waals surface area contributed by atoms with Gasteiger partial charge in [0, 0.05) is 26.7 Å². The van der Waals surface area contributed by atoms with Gasteiger partial charge in [0.05, 0.1) is 6.61 Å². The van der Waals surface area contributed by atoms with Crippen LogP contribution >= 0.6 is 0 Å². The molecule has 0 aliphatic carbocycles. The van der Waals surface area contributed by atoms with E-state index in [0.29, 0.717) is 18.4 Å². The predicted octanol–water partition coefficient (Wildman–Crippen LogP) is 4.24. The zero-order valence-electron chi connectivity index (χ0n) is 12.9. The van der Waals surface area contributed by atoms with Gasteiger partial charge in [0.2, 0.25) is 0 Å². The van der Waals surface area contributed by atoms with Crippen molar-refractivity contribution in [2.75, 3.05) is 27.4 Å². The molecule has 0 fully saturated rings. The first-order valence-electron chi connectivity index (χ1n) is 7.44. The summed E-state index contributed by atoms with van der Waals surface area (Å²) in [5.41, 5.74) is 2.67. The van der Waals surface area contributed by atoms with Gasteiger partial charge >= 0.3 is 0 Å². The summed E-state index contributed by atoms with van der Waals surface area (Å²) in [6.45, 7) is 1.47. The van der Waals surface area contributed by atoms with E-state index in [2.05, 4.69) is 60.7 Å².